The molecule has 1 N–H and O–H groups in total. The van der Waals surface area contributed by atoms with E-state index in [0.29, 0.717) is 6.61 Å². The maximum Gasteiger partial charge on any atom is 0.124 e. The first-order valence-corrected chi connectivity index (χ1v) is 6.19. The van der Waals surface area contributed by atoms with Crippen LogP contribution in [-0.4, -0.2) is 23.4 Å². The molecule has 0 aliphatic carbocycles. The van der Waals surface area contributed by atoms with Crippen LogP contribution in [0.25, 0.3) is 0 Å². The largest absolute Gasteiger partial charge is 0.491 e. The molecule has 2 heterocycles. The van der Waals surface area contributed by atoms with Gasteiger partial charge in [0.2, 0.25) is 0 Å². The Morgan fingerprint density at radius 1 is 1.39 bits per heavy atom. The Morgan fingerprint density at radius 2 is 2.22 bits per heavy atom. The van der Waals surface area contributed by atoms with Crippen LogP contribution in [0.2, 0.25) is 0 Å². The molecular formula is C14H17N3O. The van der Waals surface area contributed by atoms with Crippen LogP contribution < -0.4 is 10.1 Å². The number of hydrogen-bond donors (Lipinski definition) is 1. The van der Waals surface area contributed by atoms with Crippen LogP contribution in [0.3, 0.4) is 0 Å². The number of nitrogens with zero attached hydrogens (tertiary/aromatic N) is 2. The molecule has 0 amide bonds. The summed E-state index contributed by atoms with van der Waals surface area (Å²) in [4.78, 5) is 0. The first-order valence-electron chi connectivity index (χ1n) is 6.19. The molecule has 0 fully saturated rings. The lowest BCUT2D eigenvalue weighted by atomic mass is 9.96. The van der Waals surface area contributed by atoms with Gasteiger partial charge in [-0.3, -0.25) is 4.68 Å². The summed E-state index contributed by atoms with van der Waals surface area (Å²) in [5.74, 6) is 0.969. The Morgan fingerprint density at radius 3 is 2.94 bits per heavy atom. The van der Waals surface area contributed by atoms with Gasteiger partial charge in [-0.15, -0.1) is 0 Å². The highest BCUT2D eigenvalue weighted by atomic mass is 16.5. The van der Waals surface area contributed by atoms with Crippen LogP contribution in [0, 0.1) is 6.92 Å². The lowest BCUT2D eigenvalue weighted by Gasteiger charge is -2.33. The van der Waals surface area contributed by atoms with Gasteiger partial charge in [0.05, 0.1) is 12.2 Å². The van der Waals surface area contributed by atoms with Crippen molar-refractivity contribution in [1.29, 1.82) is 0 Å². The summed E-state index contributed by atoms with van der Waals surface area (Å²) in [6, 6.07) is 8.60. The van der Waals surface area contributed by atoms with Crippen LogP contribution in [0.1, 0.15) is 23.2 Å². The zero-order valence-corrected chi connectivity index (χ0v) is 10.6. The minimum absolute atomic E-state index is 0.193. The van der Waals surface area contributed by atoms with Crippen molar-refractivity contribution in [3.05, 3.63) is 47.8 Å². The molecule has 0 saturated heterocycles. The van der Waals surface area contributed by atoms with E-state index in [1.54, 1.807) is 0 Å². The number of rotatable bonds is 2. The molecule has 0 bridgehead atoms. The average Bonchev–Trinajstić information content (AvgIpc) is 2.84. The van der Waals surface area contributed by atoms with Crippen LogP contribution in [-0.2, 0) is 0 Å². The van der Waals surface area contributed by atoms with Gasteiger partial charge < -0.3 is 10.1 Å². The first-order chi connectivity index (χ1) is 8.79. The van der Waals surface area contributed by atoms with Crippen LogP contribution in [0.5, 0.6) is 5.75 Å². The normalized spacial score (nSPS) is 22.3. The monoisotopic (exact) mass is 243 g/mol. The van der Waals surface area contributed by atoms with Gasteiger partial charge in [-0.25, -0.2) is 0 Å². The fourth-order valence-corrected chi connectivity index (χ4v) is 2.54. The summed E-state index contributed by atoms with van der Waals surface area (Å²) >= 11 is 0. The number of nitrogens with one attached hydrogen (secondary N) is 1. The lowest BCUT2D eigenvalue weighted by molar-refractivity contribution is 0.174. The Bertz CT molecular complexity index is 549. The number of benzene rings is 1. The van der Waals surface area contributed by atoms with Gasteiger partial charge in [0, 0.05) is 11.8 Å². The molecule has 4 nitrogen and oxygen atoms in total. The molecule has 94 valence electrons. The zero-order valence-electron chi connectivity index (χ0n) is 10.6. The molecule has 2 unspecified atom stereocenters. The van der Waals surface area contributed by atoms with Gasteiger partial charge in [0.1, 0.15) is 18.4 Å². The molecular weight excluding hydrogens is 226 g/mol. The first kappa shape index (κ1) is 11.3. The molecule has 1 aromatic carbocycles. The van der Waals surface area contributed by atoms with E-state index in [1.807, 2.05) is 36.1 Å². The maximum absolute atomic E-state index is 5.83. The minimum atomic E-state index is 0.193. The van der Waals surface area contributed by atoms with Crippen molar-refractivity contribution in [2.24, 2.45) is 0 Å². The van der Waals surface area contributed by atoms with Crippen LogP contribution in [0.4, 0.5) is 0 Å². The van der Waals surface area contributed by atoms with E-state index < -0.39 is 0 Å². The third-order valence-corrected chi connectivity index (χ3v) is 3.43. The number of ether oxygens (including phenoxy) is 1. The molecule has 1 aliphatic heterocycles. The second-order valence-electron chi connectivity index (χ2n) is 4.68. The van der Waals surface area contributed by atoms with Gasteiger partial charge in [-0.2, -0.15) is 5.10 Å². The van der Waals surface area contributed by atoms with E-state index in [0.717, 1.165) is 5.75 Å². The third-order valence-electron chi connectivity index (χ3n) is 3.43. The summed E-state index contributed by atoms with van der Waals surface area (Å²) in [6.45, 7) is 2.69. The predicted molar refractivity (Wildman–Crippen MR) is 69.7 cm³/mol. The van der Waals surface area contributed by atoms with Crippen molar-refractivity contribution >= 4 is 0 Å². The molecule has 2 aromatic rings. The van der Waals surface area contributed by atoms with Crippen LogP contribution >= 0.6 is 0 Å². The van der Waals surface area contributed by atoms with Crippen molar-refractivity contribution in [2.75, 3.05) is 13.7 Å². The van der Waals surface area contributed by atoms with Crippen molar-refractivity contribution < 1.29 is 4.74 Å². The summed E-state index contributed by atoms with van der Waals surface area (Å²) in [5.41, 5.74) is 2.37. The van der Waals surface area contributed by atoms with Gasteiger partial charge in [-0.1, -0.05) is 18.2 Å². The fourth-order valence-electron chi connectivity index (χ4n) is 2.54. The molecule has 0 radical (unpaired) electrons. The van der Waals surface area contributed by atoms with Gasteiger partial charge >= 0.3 is 0 Å². The van der Waals surface area contributed by atoms with Gasteiger partial charge in [0.25, 0.3) is 0 Å². The van der Waals surface area contributed by atoms with Gasteiger partial charge in [-0.05, 0) is 25.6 Å². The molecule has 1 aromatic heterocycles. The Kier molecular flexibility index (Phi) is 2.80. The molecule has 3 rings (SSSR count). The van der Waals surface area contributed by atoms with Crippen molar-refractivity contribution in [2.45, 2.75) is 19.0 Å². The molecule has 0 saturated carbocycles. The number of likely N-dealkylation sites (N-methyl/N-ethyl adjacent to an activating group) is 1. The van der Waals surface area contributed by atoms with E-state index in [4.69, 9.17) is 4.74 Å². The fraction of sp³-hybridized carbons (Fsp3) is 0.357. The van der Waals surface area contributed by atoms with E-state index >= 15 is 0 Å². The summed E-state index contributed by atoms with van der Waals surface area (Å²) in [6.07, 6.45) is 3.94. The molecule has 4 heteroatoms. The second-order valence-corrected chi connectivity index (χ2v) is 4.68. The molecule has 1 aliphatic rings. The second kappa shape index (κ2) is 4.46. The smallest absolute Gasteiger partial charge is 0.124 e. The third kappa shape index (κ3) is 1.78. The standard InChI is InChI=1S/C14H17N3O/c1-10-7-16-17(8-10)12-9-18-13-6-4-3-5-11(13)14(12)15-2/h3-8,12,14-15H,9H2,1-2H3. The number of aromatic nitrogens is 2. The van der Waals surface area contributed by atoms with Crippen molar-refractivity contribution in [3.63, 3.8) is 0 Å². The average molecular weight is 243 g/mol. The molecule has 2 atom stereocenters. The highest BCUT2D eigenvalue weighted by Crippen LogP contribution is 2.37. The Balaban J connectivity index is 1.99. The molecule has 18 heavy (non-hydrogen) atoms. The predicted octanol–water partition coefficient (Wildman–Crippen LogP) is 2.09. The molecule has 0 spiro atoms. The zero-order chi connectivity index (χ0) is 12.5. The Hall–Kier alpha value is -1.81. The number of fused-ring (bicyclic) bond motifs is 1. The Labute approximate surface area is 107 Å². The summed E-state index contributed by atoms with van der Waals surface area (Å²) < 4.78 is 7.82. The minimum Gasteiger partial charge on any atom is -0.491 e. The lowest BCUT2D eigenvalue weighted by Crippen LogP contribution is -2.35. The summed E-state index contributed by atoms with van der Waals surface area (Å²) in [7, 11) is 1.98. The van der Waals surface area contributed by atoms with Gasteiger partial charge in [0.15, 0.2) is 0 Å². The van der Waals surface area contributed by atoms with Crippen molar-refractivity contribution in [3.8, 4) is 5.75 Å². The van der Waals surface area contributed by atoms with E-state index in [-0.39, 0.29) is 12.1 Å². The van der Waals surface area contributed by atoms with E-state index in [9.17, 15) is 0 Å². The topological polar surface area (TPSA) is 39.1 Å². The number of aryl methyl sites for hydroxylation is 1. The van der Waals surface area contributed by atoms with E-state index in [2.05, 4.69) is 29.6 Å². The number of hydrogen-bond acceptors (Lipinski definition) is 3. The number of para-hydroxylation sites is 1. The highest BCUT2D eigenvalue weighted by molar-refractivity contribution is 5.38. The highest BCUT2D eigenvalue weighted by Gasteiger charge is 2.31. The van der Waals surface area contributed by atoms with Crippen molar-refractivity contribution in [1.82, 2.24) is 15.1 Å². The van der Waals surface area contributed by atoms with E-state index in [1.165, 1.54) is 11.1 Å². The maximum atomic E-state index is 5.83. The SMILES string of the molecule is CNC1c2ccccc2OCC1n1cc(C)cn1. The summed E-state index contributed by atoms with van der Waals surface area (Å²) in [5, 5.41) is 7.78. The quantitative estimate of drug-likeness (QED) is 0.877. The van der Waals surface area contributed by atoms with Crippen LogP contribution in [0.15, 0.2) is 36.7 Å².